The summed E-state index contributed by atoms with van der Waals surface area (Å²) in [7, 11) is -3.17. The molecule has 3 nitrogen and oxygen atoms in total. The number of carbonyl (C=O) groups is 1. The smallest absolute Gasteiger partial charge is 0.162 e. The quantitative estimate of drug-likeness (QED) is 0.0621. The summed E-state index contributed by atoms with van der Waals surface area (Å²) in [4.78, 5) is 17.5. The first kappa shape index (κ1) is 48.0. The van der Waals surface area contributed by atoms with E-state index in [1.165, 1.54) is 53.0 Å². The van der Waals surface area contributed by atoms with Gasteiger partial charge in [0.05, 0.1) is 21.9 Å². The van der Waals surface area contributed by atoms with Crippen LogP contribution in [0.3, 0.4) is 0 Å². The van der Waals surface area contributed by atoms with Crippen LogP contribution in [0.5, 0.6) is 0 Å². The fourth-order valence-corrected chi connectivity index (χ4v) is 13.0. The molecule has 0 amide bonds. The van der Waals surface area contributed by atoms with Crippen molar-refractivity contribution in [2.75, 3.05) is 0 Å². The third-order valence-electron chi connectivity index (χ3n) is 10.8. The molecule has 0 saturated heterocycles. The summed E-state index contributed by atoms with van der Waals surface area (Å²) in [5.41, 5.74) is 3.92. The Morgan fingerprint density at radius 1 is 0.786 bits per heavy atom. The molecular formula is C49H70IrNO2SSi2-. The molecule has 1 N–H and O–H groups in total. The van der Waals surface area contributed by atoms with Crippen molar-refractivity contribution in [2.24, 2.45) is 40.9 Å². The van der Waals surface area contributed by atoms with Crippen LogP contribution in [0.25, 0.3) is 42.2 Å². The van der Waals surface area contributed by atoms with Gasteiger partial charge in [-0.1, -0.05) is 157 Å². The molecule has 307 valence electrons. The second kappa shape index (κ2) is 18.7. The fraction of sp³-hybridized carbons (Fsp3) is 0.510. The van der Waals surface area contributed by atoms with Crippen LogP contribution < -0.4 is 10.4 Å². The minimum absolute atomic E-state index is 0. The van der Waals surface area contributed by atoms with Crippen molar-refractivity contribution in [2.45, 2.75) is 122 Å². The number of carbonyl (C=O) groups excluding carboxylic acids is 1. The maximum atomic E-state index is 12.3. The van der Waals surface area contributed by atoms with Gasteiger partial charge in [-0.15, -0.1) is 40.1 Å². The summed E-state index contributed by atoms with van der Waals surface area (Å²) in [6.45, 7) is 38.2. The van der Waals surface area contributed by atoms with Crippen molar-refractivity contribution in [1.29, 1.82) is 0 Å². The number of allylic oxidation sites excluding steroid dienone is 2. The Bertz CT molecular complexity index is 2140. The second-order valence-electron chi connectivity index (χ2n) is 20.5. The van der Waals surface area contributed by atoms with E-state index >= 15 is 0 Å². The van der Waals surface area contributed by atoms with Gasteiger partial charge in [0.25, 0.3) is 0 Å². The van der Waals surface area contributed by atoms with Gasteiger partial charge in [-0.25, -0.2) is 0 Å². The first-order valence-corrected chi connectivity index (χ1v) is 28.4. The number of aliphatic hydroxyl groups excluding tert-OH is 1. The molecule has 2 heterocycles. The Morgan fingerprint density at radius 3 is 1.86 bits per heavy atom. The zero-order chi connectivity index (χ0) is 41.4. The van der Waals surface area contributed by atoms with Crippen LogP contribution in [-0.2, 0) is 31.3 Å². The SMILES string of the molecule is CC(C)(C)Cc1ccc2c(c1)sc1c(-c3[c-]c4ccccc4c([Si](C)(C)C)c3)ncc([Si](C)(C)C)c12.CC(C)C(C(=O)/C=C(\O)C(C(C)C)C(C)C)C(C)C.[Ir]. The zero-order valence-electron chi connectivity index (χ0n) is 37.5. The minimum atomic E-state index is -1.60. The predicted octanol–water partition coefficient (Wildman–Crippen LogP) is 13.6. The molecule has 56 heavy (non-hydrogen) atoms. The number of hydrogen-bond acceptors (Lipinski definition) is 4. The maximum absolute atomic E-state index is 12.3. The van der Waals surface area contributed by atoms with Crippen molar-refractivity contribution in [3.05, 3.63) is 78.2 Å². The van der Waals surface area contributed by atoms with E-state index in [0.29, 0.717) is 23.7 Å². The normalized spacial score (nSPS) is 13.2. The van der Waals surface area contributed by atoms with Crippen molar-refractivity contribution >= 4 is 74.6 Å². The number of aromatic nitrogens is 1. The number of fused-ring (bicyclic) bond motifs is 4. The van der Waals surface area contributed by atoms with Gasteiger partial charge >= 0.3 is 0 Å². The molecule has 2 aromatic heterocycles. The molecule has 0 aliphatic rings. The van der Waals surface area contributed by atoms with E-state index in [1.807, 2.05) is 11.3 Å². The van der Waals surface area contributed by atoms with Gasteiger partial charge < -0.3 is 5.11 Å². The van der Waals surface area contributed by atoms with E-state index < -0.39 is 16.1 Å². The Hall–Kier alpha value is -2.42. The number of rotatable bonds is 11. The number of thiophene rings is 1. The van der Waals surface area contributed by atoms with Crippen molar-refractivity contribution < 1.29 is 30.0 Å². The van der Waals surface area contributed by atoms with E-state index in [2.05, 4.69) is 176 Å². The van der Waals surface area contributed by atoms with Gasteiger partial charge in [0.15, 0.2) is 5.78 Å². The first-order valence-electron chi connectivity index (χ1n) is 20.6. The number of nitrogens with zero attached hydrogens (tertiary/aromatic N) is 1. The summed E-state index contributed by atoms with van der Waals surface area (Å²) in [5, 5.41) is 18.6. The minimum Gasteiger partial charge on any atom is -0.512 e. The van der Waals surface area contributed by atoms with Gasteiger partial charge in [-0.05, 0) is 63.1 Å². The fourth-order valence-electron chi connectivity index (χ4n) is 8.51. The first-order chi connectivity index (χ1) is 25.3. The van der Waals surface area contributed by atoms with E-state index in [9.17, 15) is 9.90 Å². The molecule has 0 unspecified atom stereocenters. The second-order valence-corrected chi connectivity index (χ2v) is 31.7. The Labute approximate surface area is 359 Å². The van der Waals surface area contributed by atoms with Gasteiger partial charge in [-0.2, -0.15) is 0 Å². The molecule has 0 aliphatic carbocycles. The van der Waals surface area contributed by atoms with Crippen molar-refractivity contribution in [3.8, 4) is 11.3 Å². The monoisotopic (exact) mass is 985 g/mol. The molecule has 3 aromatic carbocycles. The molecular weight excluding hydrogens is 915 g/mol. The Morgan fingerprint density at radius 2 is 1.34 bits per heavy atom. The number of ketones is 1. The molecule has 0 spiro atoms. The number of aliphatic hydroxyl groups is 1. The van der Waals surface area contributed by atoms with Crippen LogP contribution >= 0.6 is 11.3 Å². The van der Waals surface area contributed by atoms with Gasteiger partial charge in [0.2, 0.25) is 0 Å². The molecule has 0 atom stereocenters. The summed E-state index contributed by atoms with van der Waals surface area (Å²) >= 11 is 1.92. The maximum Gasteiger partial charge on any atom is 0.162 e. The van der Waals surface area contributed by atoms with Crippen LogP contribution in [0.2, 0.25) is 39.3 Å². The standard InChI is InChI=1S/C32H38NSSi2.C17H32O2.Ir/c1-32(2,3)19-21-14-15-25-26(16-21)34-31-29(25)28(36(7,8)9)20-33-30(31)23-17-22-12-10-11-13-24(22)27(18-23)35(4,5)6;1-10(2)16(11(3)4)14(18)9-15(19)17(12(5)6)13(7)8;/h10-16,18,20H,19H2,1-9H3;9-13,16-18H,1-8H3;/q-1;;/b;14-9-;. The molecule has 0 saturated carbocycles. The average Bonchev–Trinajstić information content (AvgIpc) is 3.40. The third-order valence-corrected chi connectivity index (χ3v) is 16.0. The summed E-state index contributed by atoms with van der Waals surface area (Å²) in [6.07, 6.45) is 4.76. The number of hydrogen-bond donors (Lipinski definition) is 1. The Kier molecular flexibility index (Phi) is 16.0. The molecule has 0 bridgehead atoms. The van der Waals surface area contributed by atoms with Crippen LogP contribution in [0.1, 0.15) is 81.7 Å². The summed E-state index contributed by atoms with van der Waals surface area (Å²) in [5.74, 6) is 1.63. The Balaban J connectivity index is 0.000000361. The van der Waals surface area contributed by atoms with E-state index in [4.69, 9.17) is 4.98 Å². The van der Waals surface area contributed by atoms with Crippen molar-refractivity contribution in [1.82, 2.24) is 4.98 Å². The zero-order valence-corrected chi connectivity index (χ0v) is 42.7. The molecule has 5 aromatic rings. The summed E-state index contributed by atoms with van der Waals surface area (Å²) < 4.78 is 2.71. The molecule has 7 heteroatoms. The number of pyridine rings is 1. The van der Waals surface area contributed by atoms with Crippen LogP contribution in [-0.4, -0.2) is 32.0 Å². The average molecular weight is 986 g/mol. The van der Waals surface area contributed by atoms with Gasteiger partial charge in [-0.3, -0.25) is 9.78 Å². The number of benzene rings is 3. The third kappa shape index (κ3) is 11.4. The topological polar surface area (TPSA) is 50.2 Å². The molecule has 0 fully saturated rings. The largest absolute Gasteiger partial charge is 0.512 e. The molecule has 1 radical (unpaired) electrons. The van der Waals surface area contributed by atoms with Gasteiger partial charge in [0.1, 0.15) is 0 Å². The van der Waals surface area contributed by atoms with Crippen molar-refractivity contribution in [3.63, 3.8) is 0 Å². The predicted molar refractivity (Wildman–Crippen MR) is 250 cm³/mol. The summed E-state index contributed by atoms with van der Waals surface area (Å²) in [6, 6.07) is 22.1. The van der Waals surface area contributed by atoms with E-state index in [0.717, 1.165) is 17.7 Å². The van der Waals surface area contributed by atoms with Crippen LogP contribution in [0.4, 0.5) is 0 Å². The molecule has 5 rings (SSSR count). The van der Waals surface area contributed by atoms with Crippen LogP contribution in [0, 0.1) is 47.0 Å². The van der Waals surface area contributed by atoms with E-state index in [-0.39, 0.29) is 48.9 Å². The molecule has 0 aliphatic heterocycles. The van der Waals surface area contributed by atoms with E-state index in [1.54, 1.807) is 0 Å². The van der Waals surface area contributed by atoms with Crippen LogP contribution in [0.15, 0.2) is 66.6 Å². The van der Waals surface area contributed by atoms with Gasteiger partial charge in [0, 0.05) is 59.3 Å².